The molecular formula is C18H25N5O2. The number of carbonyl (C=O) groups is 1. The molecular weight excluding hydrogens is 318 g/mol. The highest BCUT2D eigenvalue weighted by atomic mass is 16.3. The van der Waals surface area contributed by atoms with E-state index >= 15 is 0 Å². The topological polar surface area (TPSA) is 92.1 Å². The number of aryl methyl sites for hydroxylation is 1. The predicted molar refractivity (Wildman–Crippen MR) is 95.3 cm³/mol. The molecule has 3 rings (SSSR count). The van der Waals surface area contributed by atoms with Gasteiger partial charge < -0.3 is 10.4 Å². The van der Waals surface area contributed by atoms with Gasteiger partial charge in [0.25, 0.3) is 0 Å². The Kier molecular flexibility index (Phi) is 5.65. The van der Waals surface area contributed by atoms with Gasteiger partial charge in [-0.05, 0) is 50.7 Å². The van der Waals surface area contributed by atoms with Gasteiger partial charge in [-0.15, -0.1) is 0 Å². The number of hydrogen-bond donors (Lipinski definition) is 3. The van der Waals surface area contributed by atoms with E-state index in [0.29, 0.717) is 18.3 Å². The summed E-state index contributed by atoms with van der Waals surface area (Å²) in [6, 6.07) is 7.54. The third kappa shape index (κ3) is 4.79. The summed E-state index contributed by atoms with van der Waals surface area (Å²) in [6.45, 7) is 2.64. The van der Waals surface area contributed by atoms with Gasteiger partial charge in [0.05, 0.1) is 17.9 Å². The first-order valence-corrected chi connectivity index (χ1v) is 8.77. The quantitative estimate of drug-likeness (QED) is 0.777. The molecule has 3 N–H and O–H groups in total. The van der Waals surface area contributed by atoms with Crippen LogP contribution in [0, 0.1) is 12.8 Å². The fraction of sp³-hybridized carbons (Fsp3) is 0.500. The minimum absolute atomic E-state index is 0.163. The van der Waals surface area contributed by atoms with E-state index in [0.717, 1.165) is 37.1 Å². The molecule has 1 fully saturated rings. The molecule has 1 saturated carbocycles. The number of hydrogen-bond acceptors (Lipinski definition) is 4. The lowest BCUT2D eigenvalue weighted by atomic mass is 9.87. The molecule has 0 aromatic carbocycles. The van der Waals surface area contributed by atoms with Crippen LogP contribution in [0.3, 0.4) is 0 Å². The normalized spacial score (nSPS) is 20.2. The van der Waals surface area contributed by atoms with Crippen LogP contribution >= 0.6 is 0 Å². The molecule has 2 amide bonds. The van der Waals surface area contributed by atoms with Crippen LogP contribution in [0.5, 0.6) is 0 Å². The number of nitrogens with one attached hydrogen (secondary N) is 2. The Hall–Kier alpha value is -2.41. The van der Waals surface area contributed by atoms with E-state index in [1.54, 1.807) is 10.9 Å². The van der Waals surface area contributed by atoms with Gasteiger partial charge in [-0.25, -0.2) is 9.48 Å². The minimum Gasteiger partial charge on any atom is -0.396 e. The average Bonchev–Trinajstić information content (AvgIpc) is 2.95. The second-order valence-electron chi connectivity index (χ2n) is 6.65. The molecule has 7 heteroatoms. The molecule has 0 saturated heterocycles. The summed E-state index contributed by atoms with van der Waals surface area (Å²) in [5.74, 6) is 1.04. The van der Waals surface area contributed by atoms with Crippen LogP contribution in [0.1, 0.15) is 37.1 Å². The number of rotatable bonds is 5. The van der Waals surface area contributed by atoms with E-state index < -0.39 is 0 Å². The number of aliphatic hydroxyl groups is 1. The van der Waals surface area contributed by atoms with E-state index in [2.05, 4.69) is 20.7 Å². The molecule has 2 aromatic rings. The van der Waals surface area contributed by atoms with Crippen LogP contribution in [-0.2, 0) is 6.54 Å². The molecule has 0 bridgehead atoms. The number of anilines is 1. The van der Waals surface area contributed by atoms with Crippen LogP contribution in [0.4, 0.5) is 10.6 Å². The Balaban J connectivity index is 1.58. The van der Waals surface area contributed by atoms with Gasteiger partial charge in [0.1, 0.15) is 5.82 Å². The molecule has 0 spiro atoms. The van der Waals surface area contributed by atoms with Crippen LogP contribution < -0.4 is 10.6 Å². The molecule has 7 nitrogen and oxygen atoms in total. The van der Waals surface area contributed by atoms with E-state index in [4.69, 9.17) is 0 Å². The molecule has 1 aliphatic rings. The first-order chi connectivity index (χ1) is 12.1. The number of amides is 2. The van der Waals surface area contributed by atoms with Crippen molar-refractivity contribution in [2.24, 2.45) is 5.92 Å². The van der Waals surface area contributed by atoms with Crippen LogP contribution in [0.2, 0.25) is 0 Å². The number of carbonyl (C=O) groups excluding carboxylic acids is 1. The lowest BCUT2D eigenvalue weighted by molar-refractivity contribution is 0.176. The Labute approximate surface area is 147 Å². The summed E-state index contributed by atoms with van der Waals surface area (Å²) in [5, 5.41) is 19.5. The highest BCUT2D eigenvalue weighted by Crippen LogP contribution is 2.23. The fourth-order valence-corrected chi connectivity index (χ4v) is 3.24. The van der Waals surface area contributed by atoms with Crippen molar-refractivity contribution in [2.45, 2.75) is 45.2 Å². The molecule has 1 aliphatic carbocycles. The number of aliphatic hydroxyl groups excluding tert-OH is 1. The Morgan fingerprint density at radius 2 is 2.12 bits per heavy atom. The van der Waals surface area contributed by atoms with Crippen molar-refractivity contribution in [3.05, 3.63) is 41.9 Å². The Bertz CT molecular complexity index is 693. The molecule has 2 heterocycles. The van der Waals surface area contributed by atoms with Crippen molar-refractivity contribution in [3.63, 3.8) is 0 Å². The monoisotopic (exact) mass is 343 g/mol. The van der Waals surface area contributed by atoms with Crippen LogP contribution in [0.15, 0.2) is 30.5 Å². The van der Waals surface area contributed by atoms with Gasteiger partial charge in [0, 0.05) is 24.9 Å². The average molecular weight is 343 g/mol. The van der Waals surface area contributed by atoms with Gasteiger partial charge >= 0.3 is 6.03 Å². The molecule has 134 valence electrons. The molecule has 0 atom stereocenters. The van der Waals surface area contributed by atoms with Gasteiger partial charge in [0.2, 0.25) is 0 Å². The second-order valence-corrected chi connectivity index (χ2v) is 6.65. The third-order valence-electron chi connectivity index (χ3n) is 4.62. The summed E-state index contributed by atoms with van der Waals surface area (Å²) >= 11 is 0. The van der Waals surface area contributed by atoms with Crippen molar-refractivity contribution in [2.75, 3.05) is 11.9 Å². The maximum atomic E-state index is 12.3. The summed E-state index contributed by atoms with van der Waals surface area (Å²) in [7, 11) is 0. The zero-order valence-electron chi connectivity index (χ0n) is 14.5. The van der Waals surface area contributed by atoms with E-state index in [1.165, 1.54) is 0 Å². The maximum absolute atomic E-state index is 12.3. The number of pyridine rings is 1. The van der Waals surface area contributed by atoms with Crippen molar-refractivity contribution in [1.29, 1.82) is 0 Å². The highest BCUT2D eigenvalue weighted by Gasteiger charge is 2.22. The summed E-state index contributed by atoms with van der Waals surface area (Å²) in [4.78, 5) is 16.6. The van der Waals surface area contributed by atoms with Crippen molar-refractivity contribution in [1.82, 2.24) is 20.1 Å². The summed E-state index contributed by atoms with van der Waals surface area (Å²) in [5.41, 5.74) is 1.73. The number of aromatic nitrogens is 3. The van der Waals surface area contributed by atoms with Crippen molar-refractivity contribution >= 4 is 11.8 Å². The summed E-state index contributed by atoms with van der Waals surface area (Å²) in [6.07, 6.45) is 5.47. The van der Waals surface area contributed by atoms with Gasteiger partial charge in [-0.1, -0.05) is 6.07 Å². The second kappa shape index (κ2) is 8.11. The van der Waals surface area contributed by atoms with Crippen LogP contribution in [-0.4, -0.2) is 38.6 Å². The predicted octanol–water partition coefficient (Wildman–Crippen LogP) is 2.31. The zero-order chi connectivity index (χ0) is 17.6. The van der Waals surface area contributed by atoms with Gasteiger partial charge in [-0.3, -0.25) is 10.3 Å². The smallest absolute Gasteiger partial charge is 0.320 e. The third-order valence-corrected chi connectivity index (χ3v) is 4.62. The van der Waals surface area contributed by atoms with Gasteiger partial charge in [0.15, 0.2) is 0 Å². The first kappa shape index (κ1) is 17.4. The fourth-order valence-electron chi connectivity index (χ4n) is 3.24. The van der Waals surface area contributed by atoms with Crippen LogP contribution in [0.25, 0.3) is 0 Å². The molecule has 0 unspecified atom stereocenters. The minimum atomic E-state index is -0.213. The highest BCUT2D eigenvalue weighted by molar-refractivity contribution is 5.88. The zero-order valence-corrected chi connectivity index (χ0v) is 14.5. The first-order valence-electron chi connectivity index (χ1n) is 8.77. The molecule has 0 radical (unpaired) electrons. The Morgan fingerprint density at radius 1 is 1.32 bits per heavy atom. The maximum Gasteiger partial charge on any atom is 0.320 e. The molecule has 0 aliphatic heterocycles. The lowest BCUT2D eigenvalue weighted by Crippen LogP contribution is -2.40. The number of urea groups is 1. The largest absolute Gasteiger partial charge is 0.396 e. The Morgan fingerprint density at radius 3 is 2.80 bits per heavy atom. The molecule has 25 heavy (non-hydrogen) atoms. The standard InChI is InChI=1S/C18H25N5O2/c1-13-10-17(23(22-13)11-16-4-2-3-9-19-16)21-18(25)20-15-7-5-14(12-24)6-8-15/h2-4,9-10,14-15,24H,5-8,11-12H2,1H3,(H2,20,21,25). The van der Waals surface area contributed by atoms with Crippen molar-refractivity contribution < 1.29 is 9.90 Å². The lowest BCUT2D eigenvalue weighted by Gasteiger charge is -2.27. The van der Waals surface area contributed by atoms with E-state index in [9.17, 15) is 9.90 Å². The van der Waals surface area contributed by atoms with E-state index in [1.807, 2.05) is 31.2 Å². The van der Waals surface area contributed by atoms with Gasteiger partial charge in [-0.2, -0.15) is 5.10 Å². The summed E-state index contributed by atoms with van der Waals surface area (Å²) < 4.78 is 1.75. The number of nitrogens with zero attached hydrogens (tertiary/aromatic N) is 3. The molecule has 2 aromatic heterocycles. The van der Waals surface area contributed by atoms with Crippen molar-refractivity contribution in [3.8, 4) is 0 Å². The van der Waals surface area contributed by atoms with E-state index in [-0.39, 0.29) is 18.7 Å². The SMILES string of the molecule is Cc1cc(NC(=O)NC2CCC(CO)CC2)n(Cc2ccccn2)n1.